The van der Waals surface area contributed by atoms with Crippen LogP contribution in [-0.2, 0) is 0 Å². The SMILES string of the molecule is CCCCOc1ccc(-c2c(C)cccc2C)cc1. The maximum atomic E-state index is 5.70. The first kappa shape index (κ1) is 13.7. The summed E-state index contributed by atoms with van der Waals surface area (Å²) in [6, 6.07) is 14.9. The molecule has 19 heavy (non-hydrogen) atoms. The lowest BCUT2D eigenvalue weighted by atomic mass is 9.96. The molecule has 0 saturated heterocycles. The summed E-state index contributed by atoms with van der Waals surface area (Å²) in [5.41, 5.74) is 5.24. The second-order valence-corrected chi connectivity index (χ2v) is 4.99. The number of hydrogen-bond acceptors (Lipinski definition) is 1. The predicted octanol–water partition coefficient (Wildman–Crippen LogP) is 5.15. The van der Waals surface area contributed by atoms with E-state index in [1.54, 1.807) is 0 Å². The highest BCUT2D eigenvalue weighted by Crippen LogP contribution is 2.28. The number of aryl methyl sites for hydroxylation is 2. The molecule has 2 aromatic rings. The van der Waals surface area contributed by atoms with E-state index in [9.17, 15) is 0 Å². The van der Waals surface area contributed by atoms with Crippen molar-refractivity contribution in [2.75, 3.05) is 6.61 Å². The normalized spacial score (nSPS) is 10.5. The van der Waals surface area contributed by atoms with Gasteiger partial charge in [-0.3, -0.25) is 0 Å². The van der Waals surface area contributed by atoms with Gasteiger partial charge in [0.15, 0.2) is 0 Å². The zero-order valence-corrected chi connectivity index (χ0v) is 12.1. The molecule has 0 atom stereocenters. The smallest absolute Gasteiger partial charge is 0.119 e. The molecule has 0 heterocycles. The zero-order chi connectivity index (χ0) is 13.7. The molecule has 2 aromatic carbocycles. The molecule has 0 radical (unpaired) electrons. The van der Waals surface area contributed by atoms with Gasteiger partial charge >= 0.3 is 0 Å². The number of benzene rings is 2. The summed E-state index contributed by atoms with van der Waals surface area (Å²) >= 11 is 0. The van der Waals surface area contributed by atoms with Crippen molar-refractivity contribution in [2.24, 2.45) is 0 Å². The van der Waals surface area contributed by atoms with Crippen LogP contribution in [0, 0.1) is 13.8 Å². The van der Waals surface area contributed by atoms with Crippen LogP contribution in [0.3, 0.4) is 0 Å². The molecule has 0 aliphatic rings. The minimum atomic E-state index is 0.805. The lowest BCUT2D eigenvalue weighted by molar-refractivity contribution is 0.309. The Morgan fingerprint density at radius 3 is 2.11 bits per heavy atom. The second kappa shape index (κ2) is 6.42. The maximum absolute atomic E-state index is 5.70. The molecular formula is C18H22O. The summed E-state index contributed by atoms with van der Waals surface area (Å²) in [7, 11) is 0. The van der Waals surface area contributed by atoms with Gasteiger partial charge in [0.25, 0.3) is 0 Å². The third kappa shape index (κ3) is 3.37. The van der Waals surface area contributed by atoms with Crippen LogP contribution in [0.15, 0.2) is 42.5 Å². The average Bonchev–Trinajstić information content (AvgIpc) is 2.40. The highest BCUT2D eigenvalue weighted by Gasteiger charge is 2.05. The van der Waals surface area contributed by atoms with E-state index in [2.05, 4.69) is 63.2 Å². The first-order valence-corrected chi connectivity index (χ1v) is 7.02. The summed E-state index contributed by atoms with van der Waals surface area (Å²) < 4.78 is 5.70. The molecule has 0 saturated carbocycles. The third-order valence-electron chi connectivity index (χ3n) is 3.39. The Balaban J connectivity index is 2.18. The lowest BCUT2D eigenvalue weighted by Gasteiger charge is -2.11. The van der Waals surface area contributed by atoms with Gasteiger partial charge in [0, 0.05) is 0 Å². The van der Waals surface area contributed by atoms with E-state index in [0.717, 1.165) is 18.8 Å². The van der Waals surface area contributed by atoms with E-state index in [4.69, 9.17) is 4.74 Å². The molecule has 2 rings (SSSR count). The third-order valence-corrected chi connectivity index (χ3v) is 3.39. The van der Waals surface area contributed by atoms with Gasteiger partial charge in [-0.05, 0) is 54.7 Å². The quantitative estimate of drug-likeness (QED) is 0.670. The Kier molecular flexibility index (Phi) is 4.62. The largest absolute Gasteiger partial charge is 0.494 e. The van der Waals surface area contributed by atoms with Crippen molar-refractivity contribution in [3.63, 3.8) is 0 Å². The lowest BCUT2D eigenvalue weighted by Crippen LogP contribution is -1.96. The van der Waals surface area contributed by atoms with E-state index in [1.165, 1.54) is 28.7 Å². The first-order chi connectivity index (χ1) is 9.22. The fraction of sp³-hybridized carbons (Fsp3) is 0.333. The van der Waals surface area contributed by atoms with Crippen molar-refractivity contribution >= 4 is 0 Å². The van der Waals surface area contributed by atoms with Gasteiger partial charge in [0.1, 0.15) is 5.75 Å². The molecule has 0 amide bonds. The average molecular weight is 254 g/mol. The molecule has 0 aliphatic heterocycles. The number of hydrogen-bond donors (Lipinski definition) is 0. The minimum absolute atomic E-state index is 0.805. The molecule has 0 fully saturated rings. The van der Waals surface area contributed by atoms with Gasteiger partial charge < -0.3 is 4.74 Å². The van der Waals surface area contributed by atoms with Crippen LogP contribution in [-0.4, -0.2) is 6.61 Å². The Labute approximate surface area is 116 Å². The highest BCUT2D eigenvalue weighted by atomic mass is 16.5. The second-order valence-electron chi connectivity index (χ2n) is 4.99. The zero-order valence-electron chi connectivity index (χ0n) is 12.1. The van der Waals surface area contributed by atoms with E-state index in [1.807, 2.05) is 0 Å². The van der Waals surface area contributed by atoms with Gasteiger partial charge in [0.05, 0.1) is 6.61 Å². The Hall–Kier alpha value is -1.76. The van der Waals surface area contributed by atoms with Crippen molar-refractivity contribution < 1.29 is 4.74 Å². The number of unbranched alkanes of at least 4 members (excludes halogenated alkanes) is 1. The van der Waals surface area contributed by atoms with Gasteiger partial charge in [-0.15, -0.1) is 0 Å². The van der Waals surface area contributed by atoms with Crippen molar-refractivity contribution in [1.29, 1.82) is 0 Å². The summed E-state index contributed by atoms with van der Waals surface area (Å²) in [6.07, 6.45) is 2.28. The van der Waals surface area contributed by atoms with Crippen LogP contribution < -0.4 is 4.74 Å². The molecule has 100 valence electrons. The van der Waals surface area contributed by atoms with Crippen LogP contribution >= 0.6 is 0 Å². The number of rotatable bonds is 5. The van der Waals surface area contributed by atoms with Crippen molar-refractivity contribution in [2.45, 2.75) is 33.6 Å². The van der Waals surface area contributed by atoms with Gasteiger partial charge in [-0.1, -0.05) is 43.7 Å². The monoisotopic (exact) mass is 254 g/mol. The first-order valence-electron chi connectivity index (χ1n) is 7.02. The molecule has 0 N–H and O–H groups in total. The molecule has 0 spiro atoms. The summed E-state index contributed by atoms with van der Waals surface area (Å²) in [5.74, 6) is 0.962. The summed E-state index contributed by atoms with van der Waals surface area (Å²) in [4.78, 5) is 0. The molecule has 0 aromatic heterocycles. The molecule has 1 nitrogen and oxygen atoms in total. The van der Waals surface area contributed by atoms with E-state index >= 15 is 0 Å². The standard InChI is InChI=1S/C18H22O/c1-4-5-13-19-17-11-9-16(10-12-17)18-14(2)7-6-8-15(18)3/h6-12H,4-5,13H2,1-3H3. The van der Waals surface area contributed by atoms with Crippen molar-refractivity contribution in [3.8, 4) is 16.9 Å². The fourth-order valence-corrected chi connectivity index (χ4v) is 2.32. The van der Waals surface area contributed by atoms with Crippen LogP contribution in [0.1, 0.15) is 30.9 Å². The van der Waals surface area contributed by atoms with Crippen LogP contribution in [0.5, 0.6) is 5.75 Å². The summed E-state index contributed by atoms with van der Waals surface area (Å²) in [6.45, 7) is 7.30. The van der Waals surface area contributed by atoms with E-state index in [-0.39, 0.29) is 0 Å². The fourth-order valence-electron chi connectivity index (χ4n) is 2.32. The molecule has 1 heteroatoms. The molecular weight excluding hydrogens is 232 g/mol. The van der Waals surface area contributed by atoms with Crippen molar-refractivity contribution in [1.82, 2.24) is 0 Å². The Morgan fingerprint density at radius 1 is 0.895 bits per heavy atom. The van der Waals surface area contributed by atoms with Gasteiger partial charge in [0.2, 0.25) is 0 Å². The van der Waals surface area contributed by atoms with E-state index in [0.29, 0.717) is 0 Å². The maximum Gasteiger partial charge on any atom is 0.119 e. The molecule has 0 aliphatic carbocycles. The number of ether oxygens (including phenoxy) is 1. The minimum Gasteiger partial charge on any atom is -0.494 e. The summed E-state index contributed by atoms with van der Waals surface area (Å²) in [5, 5.41) is 0. The Morgan fingerprint density at radius 2 is 1.53 bits per heavy atom. The van der Waals surface area contributed by atoms with Crippen LogP contribution in [0.4, 0.5) is 0 Å². The van der Waals surface area contributed by atoms with Crippen LogP contribution in [0.2, 0.25) is 0 Å². The van der Waals surface area contributed by atoms with Crippen molar-refractivity contribution in [3.05, 3.63) is 53.6 Å². The predicted molar refractivity (Wildman–Crippen MR) is 81.8 cm³/mol. The van der Waals surface area contributed by atoms with Gasteiger partial charge in [-0.2, -0.15) is 0 Å². The Bertz CT molecular complexity index is 506. The van der Waals surface area contributed by atoms with Crippen LogP contribution in [0.25, 0.3) is 11.1 Å². The molecule has 0 bridgehead atoms. The molecule has 0 unspecified atom stereocenters. The topological polar surface area (TPSA) is 9.23 Å². The van der Waals surface area contributed by atoms with E-state index < -0.39 is 0 Å². The van der Waals surface area contributed by atoms with Gasteiger partial charge in [-0.25, -0.2) is 0 Å². The highest BCUT2D eigenvalue weighted by molar-refractivity contribution is 5.71.